The van der Waals surface area contributed by atoms with E-state index in [0.29, 0.717) is 25.4 Å². The van der Waals surface area contributed by atoms with E-state index in [9.17, 15) is 9.59 Å². The molecule has 3 amide bonds. The molecule has 1 saturated heterocycles. The first kappa shape index (κ1) is 18.0. The molecule has 1 aliphatic heterocycles. The van der Waals surface area contributed by atoms with Crippen LogP contribution in [0, 0.1) is 5.92 Å². The Hall–Kier alpha value is -2.82. The molecule has 2 aromatic rings. The molecule has 5 nitrogen and oxygen atoms in total. The van der Waals surface area contributed by atoms with E-state index >= 15 is 0 Å². The molecular formula is C21H25N3O2. The van der Waals surface area contributed by atoms with Crippen molar-refractivity contribution in [1.29, 1.82) is 0 Å². The standard InChI is InChI=1S/C21H25N3O2/c25-20-12-11-17(13-14-24(20)16-18-7-3-1-4-8-18)15-22-21(26)23-19-9-5-2-6-10-19/h1-10,17H,11-16H2,(H2,22,23,26). The number of hydrogen-bond donors (Lipinski definition) is 2. The number of carbonyl (C=O) groups is 2. The minimum Gasteiger partial charge on any atom is -0.338 e. The maximum atomic E-state index is 12.4. The molecule has 1 fully saturated rings. The van der Waals surface area contributed by atoms with Gasteiger partial charge in [0.25, 0.3) is 0 Å². The van der Waals surface area contributed by atoms with Crippen LogP contribution in [0.2, 0.25) is 0 Å². The second-order valence-electron chi connectivity index (χ2n) is 6.70. The summed E-state index contributed by atoms with van der Waals surface area (Å²) in [5.74, 6) is 0.520. The van der Waals surface area contributed by atoms with Crippen LogP contribution >= 0.6 is 0 Å². The highest BCUT2D eigenvalue weighted by atomic mass is 16.2. The van der Waals surface area contributed by atoms with Crippen molar-refractivity contribution in [1.82, 2.24) is 10.2 Å². The number of nitrogens with zero attached hydrogens (tertiary/aromatic N) is 1. The zero-order chi connectivity index (χ0) is 18.2. The molecule has 1 unspecified atom stereocenters. The zero-order valence-electron chi connectivity index (χ0n) is 14.9. The lowest BCUT2D eigenvalue weighted by atomic mass is 10.0. The fourth-order valence-corrected chi connectivity index (χ4v) is 3.20. The van der Waals surface area contributed by atoms with Gasteiger partial charge in [-0.15, -0.1) is 0 Å². The zero-order valence-corrected chi connectivity index (χ0v) is 14.9. The first-order valence-electron chi connectivity index (χ1n) is 9.12. The van der Waals surface area contributed by atoms with Crippen LogP contribution in [0.5, 0.6) is 0 Å². The van der Waals surface area contributed by atoms with E-state index in [-0.39, 0.29) is 11.9 Å². The summed E-state index contributed by atoms with van der Waals surface area (Å²) < 4.78 is 0. The van der Waals surface area contributed by atoms with Crippen LogP contribution in [0.4, 0.5) is 10.5 Å². The number of para-hydroxylation sites is 1. The van der Waals surface area contributed by atoms with Gasteiger partial charge in [-0.1, -0.05) is 48.5 Å². The Labute approximate surface area is 154 Å². The Morgan fingerprint density at radius 3 is 2.42 bits per heavy atom. The topological polar surface area (TPSA) is 61.4 Å². The third-order valence-corrected chi connectivity index (χ3v) is 4.73. The maximum Gasteiger partial charge on any atom is 0.319 e. The Kier molecular flexibility index (Phi) is 6.25. The van der Waals surface area contributed by atoms with Gasteiger partial charge in [-0.05, 0) is 36.5 Å². The molecule has 2 N–H and O–H groups in total. The van der Waals surface area contributed by atoms with Crippen LogP contribution in [0.25, 0.3) is 0 Å². The fraction of sp³-hybridized carbons (Fsp3) is 0.333. The summed E-state index contributed by atoms with van der Waals surface area (Å²) in [4.78, 5) is 26.3. The average Bonchev–Trinajstić information content (AvgIpc) is 2.84. The van der Waals surface area contributed by atoms with Gasteiger partial charge < -0.3 is 15.5 Å². The second kappa shape index (κ2) is 9.04. The van der Waals surface area contributed by atoms with E-state index in [0.717, 1.165) is 30.6 Å². The summed E-state index contributed by atoms with van der Waals surface area (Å²) in [5.41, 5.74) is 1.93. The highest BCUT2D eigenvalue weighted by Crippen LogP contribution is 2.19. The minimum atomic E-state index is -0.201. The molecule has 3 rings (SSSR count). The van der Waals surface area contributed by atoms with Crippen molar-refractivity contribution in [3.8, 4) is 0 Å². The third kappa shape index (κ3) is 5.34. The van der Waals surface area contributed by atoms with Crippen LogP contribution in [-0.4, -0.2) is 29.9 Å². The predicted molar refractivity (Wildman–Crippen MR) is 103 cm³/mol. The van der Waals surface area contributed by atoms with Crippen molar-refractivity contribution in [2.45, 2.75) is 25.8 Å². The van der Waals surface area contributed by atoms with Crippen LogP contribution in [-0.2, 0) is 11.3 Å². The molecule has 1 aliphatic rings. The summed E-state index contributed by atoms with van der Waals surface area (Å²) in [6, 6.07) is 19.2. The second-order valence-corrected chi connectivity index (χ2v) is 6.70. The average molecular weight is 351 g/mol. The van der Waals surface area contributed by atoms with Gasteiger partial charge in [0.2, 0.25) is 5.91 Å². The first-order chi connectivity index (χ1) is 12.7. The number of amides is 3. The summed E-state index contributed by atoms with van der Waals surface area (Å²) in [6.07, 6.45) is 2.26. The highest BCUT2D eigenvalue weighted by molar-refractivity contribution is 5.89. The lowest BCUT2D eigenvalue weighted by molar-refractivity contribution is -0.131. The smallest absolute Gasteiger partial charge is 0.319 e. The highest BCUT2D eigenvalue weighted by Gasteiger charge is 2.22. The van der Waals surface area contributed by atoms with Gasteiger partial charge >= 0.3 is 6.03 Å². The molecule has 2 aromatic carbocycles. The minimum absolute atomic E-state index is 0.199. The molecule has 1 atom stereocenters. The largest absolute Gasteiger partial charge is 0.338 e. The van der Waals surface area contributed by atoms with Crippen LogP contribution < -0.4 is 10.6 Å². The van der Waals surface area contributed by atoms with E-state index in [4.69, 9.17) is 0 Å². The Morgan fingerprint density at radius 2 is 1.69 bits per heavy atom. The monoisotopic (exact) mass is 351 g/mol. The van der Waals surface area contributed by atoms with E-state index in [2.05, 4.69) is 10.6 Å². The summed E-state index contributed by atoms with van der Waals surface area (Å²) in [7, 11) is 0. The Balaban J connectivity index is 1.45. The normalized spacial score (nSPS) is 17.5. The number of hydrogen-bond acceptors (Lipinski definition) is 2. The van der Waals surface area contributed by atoms with E-state index < -0.39 is 0 Å². The molecule has 0 radical (unpaired) electrons. The molecule has 0 saturated carbocycles. The van der Waals surface area contributed by atoms with Gasteiger partial charge in [-0.3, -0.25) is 4.79 Å². The summed E-state index contributed by atoms with van der Waals surface area (Å²) >= 11 is 0. The van der Waals surface area contributed by atoms with Crippen molar-refractivity contribution in [3.05, 3.63) is 66.2 Å². The van der Waals surface area contributed by atoms with Gasteiger partial charge in [0.1, 0.15) is 0 Å². The number of nitrogens with one attached hydrogen (secondary N) is 2. The lowest BCUT2D eigenvalue weighted by Gasteiger charge is -2.21. The van der Waals surface area contributed by atoms with Crippen molar-refractivity contribution in [2.75, 3.05) is 18.4 Å². The molecule has 136 valence electrons. The van der Waals surface area contributed by atoms with Gasteiger partial charge in [0, 0.05) is 31.7 Å². The molecule has 5 heteroatoms. The Bertz CT molecular complexity index is 719. The molecule has 0 aromatic heterocycles. The summed E-state index contributed by atoms with van der Waals surface area (Å²) in [5, 5.41) is 5.75. The molecule has 0 spiro atoms. The molecule has 0 bridgehead atoms. The van der Waals surface area contributed by atoms with E-state index in [1.54, 1.807) is 0 Å². The predicted octanol–water partition coefficient (Wildman–Crippen LogP) is 3.64. The quantitative estimate of drug-likeness (QED) is 0.864. The lowest BCUT2D eigenvalue weighted by Crippen LogP contribution is -2.33. The SMILES string of the molecule is O=C(NCC1CCC(=O)N(Cc2ccccc2)CC1)Nc1ccccc1. The maximum absolute atomic E-state index is 12.4. The van der Waals surface area contributed by atoms with Crippen LogP contribution in [0.15, 0.2) is 60.7 Å². The van der Waals surface area contributed by atoms with Gasteiger partial charge in [0.15, 0.2) is 0 Å². The number of anilines is 1. The number of carbonyl (C=O) groups excluding carboxylic acids is 2. The Morgan fingerprint density at radius 1 is 1.00 bits per heavy atom. The van der Waals surface area contributed by atoms with Crippen LogP contribution in [0.3, 0.4) is 0 Å². The van der Waals surface area contributed by atoms with E-state index in [1.165, 1.54) is 0 Å². The molecular weight excluding hydrogens is 326 g/mol. The van der Waals surface area contributed by atoms with Crippen molar-refractivity contribution >= 4 is 17.6 Å². The fourth-order valence-electron chi connectivity index (χ4n) is 3.20. The van der Waals surface area contributed by atoms with E-state index in [1.807, 2.05) is 65.6 Å². The van der Waals surface area contributed by atoms with Gasteiger partial charge in [-0.25, -0.2) is 4.79 Å². The number of likely N-dealkylation sites (tertiary alicyclic amines) is 1. The number of rotatable bonds is 5. The van der Waals surface area contributed by atoms with Crippen LogP contribution in [0.1, 0.15) is 24.8 Å². The third-order valence-electron chi connectivity index (χ3n) is 4.73. The van der Waals surface area contributed by atoms with Gasteiger partial charge in [-0.2, -0.15) is 0 Å². The molecule has 26 heavy (non-hydrogen) atoms. The number of urea groups is 1. The molecule has 0 aliphatic carbocycles. The van der Waals surface area contributed by atoms with Gasteiger partial charge in [0.05, 0.1) is 0 Å². The van der Waals surface area contributed by atoms with Crippen molar-refractivity contribution < 1.29 is 9.59 Å². The molecule has 1 heterocycles. The summed E-state index contributed by atoms with van der Waals surface area (Å²) in [6.45, 7) is 1.99. The van der Waals surface area contributed by atoms with Crippen molar-refractivity contribution in [3.63, 3.8) is 0 Å². The number of benzene rings is 2. The first-order valence-corrected chi connectivity index (χ1v) is 9.12. The van der Waals surface area contributed by atoms with Crippen molar-refractivity contribution in [2.24, 2.45) is 5.92 Å².